The Balaban J connectivity index is 1.74. The van der Waals surface area contributed by atoms with E-state index in [2.05, 4.69) is 4.90 Å². The van der Waals surface area contributed by atoms with E-state index in [1.807, 2.05) is 0 Å². The second-order valence-electron chi connectivity index (χ2n) is 6.06. The Bertz CT molecular complexity index is 338. The van der Waals surface area contributed by atoms with Gasteiger partial charge in [-0.3, -0.25) is 4.90 Å². The zero-order chi connectivity index (χ0) is 16.1. The third kappa shape index (κ3) is 5.04. The standard InChI is InChI=1S/C14H23F4NO3/c15-12(16)14(17,18)11-22-8-4-19-3-7-21-10-13(9-19)1-5-20-6-2-13/h12H,1-11H2. The third-order valence-electron chi connectivity index (χ3n) is 4.24. The van der Waals surface area contributed by atoms with Gasteiger partial charge in [-0.2, -0.15) is 8.78 Å². The zero-order valence-corrected chi connectivity index (χ0v) is 12.5. The maximum absolute atomic E-state index is 12.7. The van der Waals surface area contributed by atoms with Crippen molar-refractivity contribution in [1.29, 1.82) is 0 Å². The lowest BCUT2D eigenvalue weighted by molar-refractivity contribution is -0.166. The van der Waals surface area contributed by atoms with E-state index in [0.29, 0.717) is 39.5 Å². The van der Waals surface area contributed by atoms with Crippen LogP contribution < -0.4 is 0 Å². The van der Waals surface area contributed by atoms with Gasteiger partial charge in [-0.1, -0.05) is 0 Å². The van der Waals surface area contributed by atoms with Gasteiger partial charge in [0.15, 0.2) is 0 Å². The van der Waals surface area contributed by atoms with Crippen molar-refractivity contribution in [3.63, 3.8) is 0 Å². The minimum absolute atomic E-state index is 0.00882. The highest BCUT2D eigenvalue weighted by Crippen LogP contribution is 2.33. The summed E-state index contributed by atoms with van der Waals surface area (Å²) >= 11 is 0. The molecule has 2 rings (SSSR count). The minimum atomic E-state index is -4.08. The van der Waals surface area contributed by atoms with Crippen LogP contribution in [0.1, 0.15) is 12.8 Å². The van der Waals surface area contributed by atoms with Crippen LogP contribution >= 0.6 is 0 Å². The van der Waals surface area contributed by atoms with Crippen molar-refractivity contribution in [3.8, 4) is 0 Å². The zero-order valence-electron chi connectivity index (χ0n) is 12.5. The van der Waals surface area contributed by atoms with Crippen LogP contribution in [-0.4, -0.2) is 76.5 Å². The number of alkyl halides is 4. The van der Waals surface area contributed by atoms with Gasteiger partial charge < -0.3 is 14.2 Å². The van der Waals surface area contributed by atoms with Crippen LogP contribution in [0.2, 0.25) is 0 Å². The van der Waals surface area contributed by atoms with Crippen LogP contribution in [0.5, 0.6) is 0 Å². The summed E-state index contributed by atoms with van der Waals surface area (Å²) in [6.07, 6.45) is -1.87. The summed E-state index contributed by atoms with van der Waals surface area (Å²) in [6.45, 7) is 3.35. The topological polar surface area (TPSA) is 30.9 Å². The first-order valence-corrected chi connectivity index (χ1v) is 7.55. The molecule has 0 radical (unpaired) electrons. The van der Waals surface area contributed by atoms with Crippen molar-refractivity contribution in [3.05, 3.63) is 0 Å². The van der Waals surface area contributed by atoms with Crippen molar-refractivity contribution in [1.82, 2.24) is 4.90 Å². The van der Waals surface area contributed by atoms with E-state index in [1.165, 1.54) is 0 Å². The van der Waals surface area contributed by atoms with E-state index in [1.54, 1.807) is 0 Å². The highest BCUT2D eigenvalue weighted by atomic mass is 19.3. The number of hydrogen-bond acceptors (Lipinski definition) is 4. The predicted molar refractivity (Wildman–Crippen MR) is 71.5 cm³/mol. The molecule has 2 aliphatic heterocycles. The smallest absolute Gasteiger partial charge is 0.330 e. The van der Waals surface area contributed by atoms with Gasteiger partial charge in [0.1, 0.15) is 6.61 Å². The third-order valence-corrected chi connectivity index (χ3v) is 4.24. The van der Waals surface area contributed by atoms with Crippen molar-refractivity contribution >= 4 is 0 Å². The fourth-order valence-corrected chi connectivity index (χ4v) is 2.84. The van der Waals surface area contributed by atoms with Crippen molar-refractivity contribution in [2.75, 3.05) is 59.3 Å². The first-order valence-electron chi connectivity index (χ1n) is 7.55. The van der Waals surface area contributed by atoms with E-state index in [-0.39, 0.29) is 12.0 Å². The number of nitrogens with zero attached hydrogens (tertiary/aromatic N) is 1. The fraction of sp³-hybridized carbons (Fsp3) is 1.00. The molecular formula is C14H23F4NO3. The molecule has 2 heterocycles. The van der Waals surface area contributed by atoms with E-state index < -0.39 is 19.0 Å². The molecule has 0 amide bonds. The van der Waals surface area contributed by atoms with Gasteiger partial charge in [-0.05, 0) is 12.8 Å². The average molecular weight is 329 g/mol. The molecule has 2 aliphatic rings. The van der Waals surface area contributed by atoms with Crippen molar-refractivity contribution in [2.24, 2.45) is 5.41 Å². The van der Waals surface area contributed by atoms with Gasteiger partial charge in [0.25, 0.3) is 0 Å². The Kier molecular flexibility index (Phi) is 6.43. The Hall–Kier alpha value is -0.440. The van der Waals surface area contributed by atoms with Crippen molar-refractivity contribution < 1.29 is 31.8 Å². The summed E-state index contributed by atoms with van der Waals surface area (Å²) in [5.41, 5.74) is 0.0433. The molecule has 0 aromatic rings. The second-order valence-corrected chi connectivity index (χ2v) is 6.06. The molecular weight excluding hydrogens is 306 g/mol. The number of ether oxygens (including phenoxy) is 3. The fourth-order valence-electron chi connectivity index (χ4n) is 2.84. The quantitative estimate of drug-likeness (QED) is 0.551. The summed E-state index contributed by atoms with van der Waals surface area (Å²) < 4.78 is 65.3. The molecule has 4 nitrogen and oxygen atoms in total. The van der Waals surface area contributed by atoms with Crippen LogP contribution in [-0.2, 0) is 14.2 Å². The van der Waals surface area contributed by atoms with Gasteiger partial charge in [0.05, 0.1) is 19.8 Å². The summed E-state index contributed by atoms with van der Waals surface area (Å²) in [4.78, 5) is 2.10. The number of halogens is 4. The summed E-state index contributed by atoms with van der Waals surface area (Å²) in [6, 6.07) is 0. The van der Waals surface area contributed by atoms with Crippen LogP contribution in [0.3, 0.4) is 0 Å². The number of rotatable bonds is 6. The predicted octanol–water partition coefficient (Wildman–Crippen LogP) is 2.03. The average Bonchev–Trinajstić information content (AvgIpc) is 2.67. The maximum atomic E-state index is 12.7. The Morgan fingerprint density at radius 2 is 1.86 bits per heavy atom. The van der Waals surface area contributed by atoms with Gasteiger partial charge in [-0.15, -0.1) is 0 Å². The molecule has 22 heavy (non-hydrogen) atoms. The molecule has 1 spiro atoms. The molecule has 2 saturated heterocycles. The van der Waals surface area contributed by atoms with Crippen LogP contribution in [0.4, 0.5) is 17.6 Å². The first kappa shape index (κ1) is 17.9. The molecule has 0 aliphatic carbocycles. The normalized spacial score (nSPS) is 23.9. The molecule has 0 aromatic heterocycles. The molecule has 0 aromatic carbocycles. The van der Waals surface area contributed by atoms with Crippen molar-refractivity contribution in [2.45, 2.75) is 25.2 Å². The Morgan fingerprint density at radius 3 is 2.55 bits per heavy atom. The summed E-state index contributed by atoms with van der Waals surface area (Å²) in [5, 5.41) is 0. The van der Waals surface area contributed by atoms with Gasteiger partial charge in [0, 0.05) is 38.3 Å². The molecule has 2 fully saturated rings. The largest absolute Gasteiger partial charge is 0.381 e. The van der Waals surface area contributed by atoms with E-state index in [4.69, 9.17) is 14.2 Å². The molecule has 0 bridgehead atoms. The van der Waals surface area contributed by atoms with Crippen LogP contribution in [0.15, 0.2) is 0 Å². The lowest BCUT2D eigenvalue weighted by Gasteiger charge is -2.38. The van der Waals surface area contributed by atoms with E-state index in [9.17, 15) is 17.6 Å². The maximum Gasteiger partial charge on any atom is 0.330 e. The monoisotopic (exact) mass is 329 g/mol. The van der Waals surface area contributed by atoms with E-state index >= 15 is 0 Å². The van der Waals surface area contributed by atoms with E-state index in [0.717, 1.165) is 19.4 Å². The van der Waals surface area contributed by atoms with Gasteiger partial charge in [0.2, 0.25) is 0 Å². The van der Waals surface area contributed by atoms with Crippen LogP contribution in [0, 0.1) is 5.41 Å². The summed E-state index contributed by atoms with van der Waals surface area (Å²) in [5.74, 6) is -4.08. The molecule has 0 atom stereocenters. The lowest BCUT2D eigenvalue weighted by Crippen LogP contribution is -2.43. The molecule has 130 valence electrons. The highest BCUT2D eigenvalue weighted by molar-refractivity contribution is 4.87. The summed E-state index contributed by atoms with van der Waals surface area (Å²) in [7, 11) is 0. The van der Waals surface area contributed by atoms with Gasteiger partial charge in [-0.25, -0.2) is 8.78 Å². The lowest BCUT2D eigenvalue weighted by atomic mass is 9.80. The minimum Gasteiger partial charge on any atom is -0.381 e. The van der Waals surface area contributed by atoms with Crippen LogP contribution in [0.25, 0.3) is 0 Å². The Morgan fingerprint density at radius 1 is 1.14 bits per heavy atom. The molecule has 0 unspecified atom stereocenters. The molecule has 0 N–H and O–H groups in total. The molecule has 8 heteroatoms. The SMILES string of the molecule is FC(F)C(F)(F)COCCN1CCOCC2(CCOCC2)C1. The number of hydrogen-bond donors (Lipinski definition) is 0. The Labute approximate surface area is 127 Å². The van der Waals surface area contributed by atoms with Gasteiger partial charge >= 0.3 is 12.3 Å². The highest BCUT2D eigenvalue weighted by Gasteiger charge is 2.41. The molecule has 0 saturated carbocycles. The first-order chi connectivity index (χ1) is 10.4. The second kappa shape index (κ2) is 7.90.